The lowest BCUT2D eigenvalue weighted by Gasteiger charge is -2.14. The van der Waals surface area contributed by atoms with E-state index in [4.69, 9.17) is 27.9 Å². The average molecular weight is 370 g/mol. The Morgan fingerprint density at radius 2 is 1.92 bits per heavy atom. The first-order chi connectivity index (χ1) is 11.4. The quantitative estimate of drug-likeness (QED) is 0.801. The van der Waals surface area contributed by atoms with Crippen LogP contribution in [0.25, 0.3) is 0 Å². The second-order valence-corrected chi connectivity index (χ2v) is 5.86. The average Bonchev–Trinajstić information content (AvgIpc) is 2.53. The Hall–Kier alpha value is -2.11. The summed E-state index contributed by atoms with van der Waals surface area (Å²) in [6.45, 7) is 1.41. The minimum atomic E-state index is -1.07. The normalized spacial score (nSPS) is 11.7. The molecule has 1 amide bonds. The molecule has 0 bridgehead atoms. The summed E-state index contributed by atoms with van der Waals surface area (Å²) >= 11 is 11.8. The van der Waals surface area contributed by atoms with Gasteiger partial charge in [0.05, 0.1) is 17.1 Å². The maximum atomic E-state index is 13.5. The third-order valence-corrected chi connectivity index (χ3v) is 3.72. The molecule has 1 N–H and O–H groups in total. The molecule has 126 valence electrons. The van der Waals surface area contributed by atoms with Crippen molar-refractivity contribution in [3.8, 4) is 0 Å². The van der Waals surface area contributed by atoms with Crippen molar-refractivity contribution in [2.75, 3.05) is 5.32 Å². The van der Waals surface area contributed by atoms with Gasteiger partial charge in [-0.3, -0.25) is 9.59 Å². The van der Waals surface area contributed by atoms with E-state index < -0.39 is 23.8 Å². The summed E-state index contributed by atoms with van der Waals surface area (Å²) in [5.41, 5.74) is 0.513. The number of hydrogen-bond acceptors (Lipinski definition) is 3. The first-order valence-corrected chi connectivity index (χ1v) is 7.81. The van der Waals surface area contributed by atoms with Crippen molar-refractivity contribution in [3.05, 3.63) is 63.9 Å². The lowest BCUT2D eigenvalue weighted by molar-refractivity contribution is -0.152. The molecule has 2 aromatic carbocycles. The third-order valence-electron chi connectivity index (χ3n) is 3.16. The predicted molar refractivity (Wildman–Crippen MR) is 90.7 cm³/mol. The van der Waals surface area contributed by atoms with Gasteiger partial charge in [-0.2, -0.15) is 0 Å². The van der Waals surface area contributed by atoms with Gasteiger partial charge < -0.3 is 10.1 Å². The van der Waals surface area contributed by atoms with Crippen molar-refractivity contribution in [1.82, 2.24) is 0 Å². The van der Waals surface area contributed by atoms with Crippen molar-refractivity contribution in [2.24, 2.45) is 0 Å². The summed E-state index contributed by atoms with van der Waals surface area (Å²) in [6, 6.07) is 10.5. The molecule has 0 heterocycles. The Morgan fingerprint density at radius 3 is 2.62 bits per heavy atom. The van der Waals surface area contributed by atoms with Gasteiger partial charge in [0.1, 0.15) is 5.82 Å². The molecule has 0 aliphatic carbocycles. The Bertz CT molecular complexity index is 767. The van der Waals surface area contributed by atoms with Crippen LogP contribution in [0.5, 0.6) is 0 Å². The zero-order chi connectivity index (χ0) is 17.7. The lowest BCUT2D eigenvalue weighted by atomic mass is 10.1. The van der Waals surface area contributed by atoms with Gasteiger partial charge in [0.2, 0.25) is 0 Å². The van der Waals surface area contributed by atoms with Crippen molar-refractivity contribution < 1.29 is 18.7 Å². The molecule has 0 fully saturated rings. The van der Waals surface area contributed by atoms with Gasteiger partial charge in [0.15, 0.2) is 6.10 Å². The standard InChI is InChI=1S/C17H14Cl2FNO3/c1-10(17(23)21-15-9-12(18)6-7-13(15)19)24-16(22)8-11-4-2-3-5-14(11)20/h2-7,9-10H,8H2,1H3,(H,21,23)/t10-/m1/s1. The fraction of sp³-hybridized carbons (Fsp3) is 0.176. The lowest BCUT2D eigenvalue weighted by Crippen LogP contribution is -2.30. The Labute approximate surface area is 148 Å². The third kappa shape index (κ3) is 4.94. The molecule has 0 unspecified atom stereocenters. The number of anilines is 1. The van der Waals surface area contributed by atoms with E-state index in [1.807, 2.05) is 0 Å². The molecule has 7 heteroatoms. The number of ether oxygens (including phenoxy) is 1. The molecular weight excluding hydrogens is 356 g/mol. The van der Waals surface area contributed by atoms with E-state index in [1.165, 1.54) is 37.3 Å². The zero-order valence-corrected chi connectivity index (χ0v) is 14.2. The fourth-order valence-corrected chi connectivity index (χ4v) is 2.25. The summed E-state index contributed by atoms with van der Waals surface area (Å²) in [7, 11) is 0. The number of carbonyl (C=O) groups excluding carboxylic acids is 2. The smallest absolute Gasteiger partial charge is 0.311 e. The molecule has 0 aliphatic rings. The first-order valence-electron chi connectivity index (χ1n) is 7.05. The van der Waals surface area contributed by atoms with Gasteiger partial charge in [-0.25, -0.2) is 4.39 Å². The summed E-state index contributed by atoms with van der Waals surface area (Å²) in [6.07, 6.45) is -1.33. The van der Waals surface area contributed by atoms with E-state index in [1.54, 1.807) is 12.1 Å². The van der Waals surface area contributed by atoms with E-state index in [0.717, 1.165) is 0 Å². The minimum Gasteiger partial charge on any atom is -0.452 e. The van der Waals surface area contributed by atoms with Gasteiger partial charge in [0, 0.05) is 5.02 Å². The fourth-order valence-electron chi connectivity index (χ4n) is 1.92. The van der Waals surface area contributed by atoms with Crippen molar-refractivity contribution in [2.45, 2.75) is 19.4 Å². The highest BCUT2D eigenvalue weighted by atomic mass is 35.5. The Balaban J connectivity index is 1.95. The zero-order valence-electron chi connectivity index (χ0n) is 12.7. The van der Waals surface area contributed by atoms with E-state index in [2.05, 4.69) is 5.32 Å². The molecule has 0 saturated heterocycles. The molecule has 0 radical (unpaired) electrons. The maximum absolute atomic E-state index is 13.5. The molecule has 2 aromatic rings. The van der Waals surface area contributed by atoms with Gasteiger partial charge in [-0.15, -0.1) is 0 Å². The SMILES string of the molecule is C[C@@H](OC(=O)Cc1ccccc1F)C(=O)Nc1cc(Cl)ccc1Cl. The van der Waals surface area contributed by atoms with Crippen LogP contribution in [0.3, 0.4) is 0 Å². The van der Waals surface area contributed by atoms with Crippen LogP contribution in [0, 0.1) is 5.82 Å². The summed E-state index contributed by atoms with van der Waals surface area (Å²) in [4.78, 5) is 23.9. The predicted octanol–water partition coefficient (Wildman–Crippen LogP) is 4.25. The maximum Gasteiger partial charge on any atom is 0.311 e. The van der Waals surface area contributed by atoms with Crippen LogP contribution in [0.4, 0.5) is 10.1 Å². The summed E-state index contributed by atoms with van der Waals surface area (Å²) < 4.78 is 18.5. The number of carbonyl (C=O) groups is 2. The Kier molecular flexibility index (Phi) is 6.17. The van der Waals surface area contributed by atoms with Gasteiger partial charge in [-0.05, 0) is 36.8 Å². The topological polar surface area (TPSA) is 55.4 Å². The van der Waals surface area contributed by atoms with Crippen LogP contribution in [0.2, 0.25) is 10.0 Å². The van der Waals surface area contributed by atoms with Crippen LogP contribution in [-0.4, -0.2) is 18.0 Å². The second-order valence-electron chi connectivity index (χ2n) is 5.01. The van der Waals surface area contributed by atoms with E-state index in [9.17, 15) is 14.0 Å². The largest absolute Gasteiger partial charge is 0.452 e. The number of amides is 1. The molecular formula is C17H14Cl2FNO3. The number of hydrogen-bond donors (Lipinski definition) is 1. The minimum absolute atomic E-state index is 0.202. The van der Waals surface area contributed by atoms with Crippen LogP contribution < -0.4 is 5.32 Å². The van der Waals surface area contributed by atoms with E-state index >= 15 is 0 Å². The summed E-state index contributed by atoms with van der Waals surface area (Å²) in [5, 5.41) is 3.23. The van der Waals surface area contributed by atoms with Gasteiger partial charge in [-0.1, -0.05) is 41.4 Å². The first kappa shape index (κ1) is 18.2. The Morgan fingerprint density at radius 1 is 1.21 bits per heavy atom. The highest BCUT2D eigenvalue weighted by Crippen LogP contribution is 2.25. The van der Waals surface area contributed by atoms with Crippen molar-refractivity contribution in [3.63, 3.8) is 0 Å². The molecule has 1 atom stereocenters. The van der Waals surface area contributed by atoms with E-state index in [0.29, 0.717) is 15.7 Å². The number of nitrogens with one attached hydrogen (secondary N) is 1. The van der Waals surface area contributed by atoms with Crippen LogP contribution in [0.15, 0.2) is 42.5 Å². The molecule has 0 spiro atoms. The van der Waals surface area contributed by atoms with E-state index in [-0.39, 0.29) is 12.0 Å². The van der Waals surface area contributed by atoms with Gasteiger partial charge in [0.25, 0.3) is 5.91 Å². The van der Waals surface area contributed by atoms with Crippen molar-refractivity contribution >= 4 is 40.8 Å². The number of rotatable bonds is 5. The molecule has 2 rings (SSSR count). The molecule has 24 heavy (non-hydrogen) atoms. The molecule has 0 aromatic heterocycles. The highest BCUT2D eigenvalue weighted by Gasteiger charge is 2.19. The number of benzene rings is 2. The number of esters is 1. The highest BCUT2D eigenvalue weighted by molar-refractivity contribution is 6.35. The van der Waals surface area contributed by atoms with Crippen LogP contribution >= 0.6 is 23.2 Å². The molecule has 0 aliphatic heterocycles. The van der Waals surface area contributed by atoms with Crippen LogP contribution in [-0.2, 0) is 20.7 Å². The molecule has 0 saturated carbocycles. The monoisotopic (exact) mass is 369 g/mol. The summed E-state index contributed by atoms with van der Waals surface area (Å²) in [5.74, 6) is -1.78. The van der Waals surface area contributed by atoms with Crippen LogP contribution in [0.1, 0.15) is 12.5 Å². The number of halogens is 3. The van der Waals surface area contributed by atoms with Gasteiger partial charge >= 0.3 is 5.97 Å². The molecule has 4 nitrogen and oxygen atoms in total. The van der Waals surface area contributed by atoms with Crippen molar-refractivity contribution in [1.29, 1.82) is 0 Å². The second kappa shape index (κ2) is 8.13.